The Hall–Kier alpha value is -1.76. The smallest absolute Gasteiger partial charge is 0.233 e. The minimum atomic E-state index is -0.228. The molecule has 0 saturated carbocycles. The van der Waals surface area contributed by atoms with E-state index in [1.165, 1.54) is 11.8 Å². The summed E-state index contributed by atoms with van der Waals surface area (Å²) in [4.78, 5) is 22.6. The maximum atomic E-state index is 12.5. The zero-order valence-electron chi connectivity index (χ0n) is 15.7. The maximum absolute atomic E-state index is 12.5. The molecule has 1 aromatic heterocycles. The molecule has 2 heterocycles. The Bertz CT molecular complexity index is 780. The highest BCUT2D eigenvalue weighted by atomic mass is 35.5. The second-order valence-corrected chi connectivity index (χ2v) is 8.47. The molecule has 27 heavy (non-hydrogen) atoms. The highest BCUT2D eigenvalue weighted by Crippen LogP contribution is 2.30. The number of thioether (sulfide) groups is 1. The van der Waals surface area contributed by atoms with Crippen LogP contribution in [0.25, 0.3) is 0 Å². The number of amides is 1. The average Bonchev–Trinajstić information content (AvgIpc) is 2.68. The van der Waals surface area contributed by atoms with Crippen LogP contribution in [-0.2, 0) is 11.3 Å². The van der Waals surface area contributed by atoms with Gasteiger partial charge in [-0.25, -0.2) is 4.98 Å². The first kappa shape index (κ1) is 20.0. The molecule has 1 aromatic carbocycles. The summed E-state index contributed by atoms with van der Waals surface area (Å²) in [7, 11) is 2.13. The fourth-order valence-corrected chi connectivity index (χ4v) is 4.16. The van der Waals surface area contributed by atoms with Crippen LogP contribution < -0.4 is 10.2 Å². The SMILES string of the molecule is CC(Sc1ccccc1Cl)C(=O)NCc1cccnc1N1CCN(C)CC1. The van der Waals surface area contributed by atoms with E-state index in [-0.39, 0.29) is 11.2 Å². The monoisotopic (exact) mass is 404 g/mol. The molecular weight excluding hydrogens is 380 g/mol. The summed E-state index contributed by atoms with van der Waals surface area (Å²) >= 11 is 7.66. The first-order valence-corrected chi connectivity index (χ1v) is 10.4. The molecule has 7 heteroatoms. The zero-order chi connectivity index (χ0) is 19.2. The average molecular weight is 405 g/mol. The van der Waals surface area contributed by atoms with Crippen molar-refractivity contribution in [2.45, 2.75) is 23.6 Å². The summed E-state index contributed by atoms with van der Waals surface area (Å²) in [6, 6.07) is 11.5. The molecule has 144 valence electrons. The fourth-order valence-electron chi connectivity index (χ4n) is 2.98. The molecule has 1 unspecified atom stereocenters. The van der Waals surface area contributed by atoms with Crippen LogP contribution in [0.4, 0.5) is 5.82 Å². The summed E-state index contributed by atoms with van der Waals surface area (Å²) in [5, 5.41) is 3.49. The van der Waals surface area contributed by atoms with Gasteiger partial charge in [0, 0.05) is 49.4 Å². The molecule has 3 rings (SSSR count). The lowest BCUT2D eigenvalue weighted by Gasteiger charge is -2.34. The van der Waals surface area contributed by atoms with Gasteiger partial charge in [0.1, 0.15) is 5.82 Å². The van der Waals surface area contributed by atoms with Crippen LogP contribution in [0.3, 0.4) is 0 Å². The Morgan fingerprint density at radius 2 is 1.96 bits per heavy atom. The largest absolute Gasteiger partial charge is 0.354 e. The molecule has 0 aliphatic carbocycles. The predicted molar refractivity (Wildman–Crippen MR) is 113 cm³/mol. The Labute approximate surface area is 170 Å². The summed E-state index contributed by atoms with van der Waals surface area (Å²) in [6.07, 6.45) is 1.81. The van der Waals surface area contributed by atoms with Crippen molar-refractivity contribution in [3.63, 3.8) is 0 Å². The molecule has 1 atom stereocenters. The van der Waals surface area contributed by atoms with Gasteiger partial charge in [0.2, 0.25) is 5.91 Å². The van der Waals surface area contributed by atoms with Gasteiger partial charge in [0.25, 0.3) is 0 Å². The summed E-state index contributed by atoms with van der Waals surface area (Å²) in [5.41, 5.74) is 1.05. The van der Waals surface area contributed by atoms with Gasteiger partial charge in [-0.1, -0.05) is 29.8 Å². The van der Waals surface area contributed by atoms with Crippen molar-refractivity contribution in [2.24, 2.45) is 0 Å². The third kappa shape index (κ3) is 5.37. The molecule has 1 N–H and O–H groups in total. The number of benzene rings is 1. The summed E-state index contributed by atoms with van der Waals surface area (Å²) in [6.45, 7) is 6.32. The van der Waals surface area contributed by atoms with Crippen LogP contribution in [0.5, 0.6) is 0 Å². The highest BCUT2D eigenvalue weighted by molar-refractivity contribution is 8.00. The molecule has 1 aliphatic heterocycles. The maximum Gasteiger partial charge on any atom is 0.233 e. The van der Waals surface area contributed by atoms with Crippen LogP contribution in [0.2, 0.25) is 5.02 Å². The predicted octanol–water partition coefficient (Wildman–Crippen LogP) is 3.28. The van der Waals surface area contributed by atoms with E-state index in [9.17, 15) is 4.79 Å². The van der Waals surface area contributed by atoms with E-state index in [2.05, 4.69) is 27.1 Å². The van der Waals surface area contributed by atoms with Crippen molar-refractivity contribution in [1.82, 2.24) is 15.2 Å². The number of hydrogen-bond acceptors (Lipinski definition) is 5. The Balaban J connectivity index is 1.59. The van der Waals surface area contributed by atoms with E-state index in [1.807, 2.05) is 49.5 Å². The number of carbonyl (C=O) groups excluding carboxylic acids is 1. The molecule has 0 bridgehead atoms. The van der Waals surface area contributed by atoms with E-state index in [1.54, 1.807) is 0 Å². The van der Waals surface area contributed by atoms with Crippen LogP contribution >= 0.6 is 23.4 Å². The fraction of sp³-hybridized carbons (Fsp3) is 0.400. The number of halogens is 1. The number of pyridine rings is 1. The molecule has 1 amide bonds. The lowest BCUT2D eigenvalue weighted by molar-refractivity contribution is -0.120. The second kappa shape index (κ2) is 9.44. The van der Waals surface area contributed by atoms with E-state index >= 15 is 0 Å². The van der Waals surface area contributed by atoms with Crippen molar-refractivity contribution in [1.29, 1.82) is 0 Å². The van der Waals surface area contributed by atoms with Gasteiger partial charge in [0.15, 0.2) is 0 Å². The topological polar surface area (TPSA) is 48.5 Å². The molecule has 1 aliphatic rings. The van der Waals surface area contributed by atoms with E-state index in [0.29, 0.717) is 11.6 Å². The van der Waals surface area contributed by atoms with Gasteiger partial charge in [0.05, 0.1) is 10.3 Å². The number of aromatic nitrogens is 1. The van der Waals surface area contributed by atoms with Gasteiger partial charge >= 0.3 is 0 Å². The highest BCUT2D eigenvalue weighted by Gasteiger charge is 2.19. The van der Waals surface area contributed by atoms with Gasteiger partial charge in [-0.15, -0.1) is 11.8 Å². The molecule has 1 fully saturated rings. The first-order valence-electron chi connectivity index (χ1n) is 9.11. The second-order valence-electron chi connectivity index (χ2n) is 6.68. The van der Waals surface area contributed by atoms with Crippen molar-refractivity contribution < 1.29 is 4.79 Å². The lowest BCUT2D eigenvalue weighted by atomic mass is 10.2. The van der Waals surface area contributed by atoms with Crippen LogP contribution in [0.15, 0.2) is 47.5 Å². The standard InChI is InChI=1S/C20H25ClN4OS/c1-15(27-18-8-4-3-7-17(18)21)20(26)23-14-16-6-5-9-22-19(16)25-12-10-24(2)11-13-25/h3-9,15H,10-14H2,1-2H3,(H,23,26). The first-order chi connectivity index (χ1) is 13.0. The number of nitrogens with one attached hydrogen (secondary N) is 1. The molecule has 1 saturated heterocycles. The van der Waals surface area contributed by atoms with Crippen LogP contribution in [0.1, 0.15) is 12.5 Å². The van der Waals surface area contributed by atoms with Crippen LogP contribution in [-0.4, -0.2) is 54.3 Å². The quantitative estimate of drug-likeness (QED) is 0.748. The number of anilines is 1. The normalized spacial score (nSPS) is 16.2. The number of carbonyl (C=O) groups is 1. The Morgan fingerprint density at radius 1 is 1.22 bits per heavy atom. The van der Waals surface area contributed by atoms with E-state index in [4.69, 9.17) is 11.6 Å². The lowest BCUT2D eigenvalue weighted by Crippen LogP contribution is -2.45. The van der Waals surface area contributed by atoms with E-state index in [0.717, 1.165) is 42.5 Å². The van der Waals surface area contributed by atoms with Gasteiger partial charge < -0.3 is 15.1 Å². The Morgan fingerprint density at radius 3 is 2.70 bits per heavy atom. The third-order valence-corrected chi connectivity index (χ3v) is 6.25. The van der Waals surface area contributed by atoms with Crippen molar-refractivity contribution in [2.75, 3.05) is 38.1 Å². The van der Waals surface area contributed by atoms with Crippen LogP contribution in [0, 0.1) is 0 Å². The minimum absolute atomic E-state index is 0.00639. The number of hydrogen-bond donors (Lipinski definition) is 1. The van der Waals surface area contributed by atoms with Gasteiger partial charge in [-0.05, 0) is 32.2 Å². The minimum Gasteiger partial charge on any atom is -0.354 e. The van der Waals surface area contributed by atoms with Crippen molar-refractivity contribution in [3.8, 4) is 0 Å². The molecule has 0 radical (unpaired) electrons. The zero-order valence-corrected chi connectivity index (χ0v) is 17.3. The summed E-state index contributed by atoms with van der Waals surface area (Å²) < 4.78 is 0. The number of rotatable bonds is 6. The molecule has 5 nitrogen and oxygen atoms in total. The summed E-state index contributed by atoms with van der Waals surface area (Å²) in [5.74, 6) is 0.963. The van der Waals surface area contributed by atoms with E-state index < -0.39 is 0 Å². The molecule has 2 aromatic rings. The van der Waals surface area contributed by atoms with Gasteiger partial charge in [-0.2, -0.15) is 0 Å². The molecular formula is C20H25ClN4OS. The van der Waals surface area contributed by atoms with Crippen molar-refractivity contribution in [3.05, 3.63) is 53.2 Å². The van der Waals surface area contributed by atoms with Crippen molar-refractivity contribution >= 4 is 35.1 Å². The number of likely N-dealkylation sites (N-methyl/N-ethyl adjacent to an activating group) is 1. The number of piperazine rings is 1. The Kier molecular flexibility index (Phi) is 6.99. The third-order valence-electron chi connectivity index (χ3n) is 4.63. The molecule has 0 spiro atoms. The number of nitrogens with zero attached hydrogens (tertiary/aromatic N) is 3. The van der Waals surface area contributed by atoms with Gasteiger partial charge in [-0.3, -0.25) is 4.79 Å².